The number of fused-ring (bicyclic) bond motifs is 1. The largest absolute Gasteiger partial charge is 0.354 e. The van der Waals surface area contributed by atoms with E-state index in [1.165, 1.54) is 0 Å². The predicted octanol–water partition coefficient (Wildman–Crippen LogP) is 2.87. The molecule has 1 unspecified atom stereocenters. The summed E-state index contributed by atoms with van der Waals surface area (Å²) in [7, 11) is 0. The fourth-order valence-electron chi connectivity index (χ4n) is 4.46. The molecule has 1 aliphatic rings. The van der Waals surface area contributed by atoms with Gasteiger partial charge in [-0.2, -0.15) is 10.2 Å². The van der Waals surface area contributed by atoms with E-state index in [0.29, 0.717) is 25.1 Å². The van der Waals surface area contributed by atoms with Crippen molar-refractivity contribution in [1.29, 1.82) is 0 Å². The van der Waals surface area contributed by atoms with Gasteiger partial charge in [-0.1, -0.05) is 38.0 Å². The summed E-state index contributed by atoms with van der Waals surface area (Å²) in [6, 6.07) is 9.54. The van der Waals surface area contributed by atoms with Crippen molar-refractivity contribution in [2.75, 3.05) is 6.54 Å². The van der Waals surface area contributed by atoms with Gasteiger partial charge in [-0.15, -0.1) is 0 Å². The molecule has 1 aliphatic carbocycles. The van der Waals surface area contributed by atoms with Gasteiger partial charge in [0.2, 0.25) is 5.91 Å². The molecule has 0 aliphatic heterocycles. The number of para-hydroxylation sites is 1. The second-order valence-corrected chi connectivity index (χ2v) is 8.79. The third-order valence-corrected chi connectivity index (χ3v) is 6.13. The van der Waals surface area contributed by atoms with Crippen LogP contribution in [0.5, 0.6) is 0 Å². The molecule has 3 N–H and O–H groups in total. The van der Waals surface area contributed by atoms with Crippen molar-refractivity contribution >= 4 is 22.7 Å². The van der Waals surface area contributed by atoms with Gasteiger partial charge < -0.3 is 10.6 Å². The van der Waals surface area contributed by atoms with Crippen molar-refractivity contribution in [3.05, 3.63) is 47.4 Å². The number of benzene rings is 1. The highest BCUT2D eigenvalue weighted by molar-refractivity contribution is 6.06. The van der Waals surface area contributed by atoms with Crippen LogP contribution >= 0.6 is 0 Å². The van der Waals surface area contributed by atoms with Crippen LogP contribution in [0.25, 0.3) is 10.9 Å². The van der Waals surface area contributed by atoms with E-state index >= 15 is 0 Å². The van der Waals surface area contributed by atoms with E-state index in [1.54, 1.807) is 0 Å². The van der Waals surface area contributed by atoms with Crippen LogP contribution in [0, 0.1) is 19.8 Å². The minimum absolute atomic E-state index is 0.113. The van der Waals surface area contributed by atoms with E-state index in [1.807, 2.05) is 48.9 Å². The molecule has 31 heavy (non-hydrogen) atoms. The Hall–Kier alpha value is -3.16. The lowest BCUT2D eigenvalue weighted by molar-refractivity contribution is -0.127. The lowest BCUT2D eigenvalue weighted by atomic mass is 9.95. The highest BCUT2D eigenvalue weighted by Gasteiger charge is 2.43. The van der Waals surface area contributed by atoms with E-state index in [4.69, 9.17) is 0 Å². The zero-order chi connectivity index (χ0) is 22.0. The van der Waals surface area contributed by atoms with Crippen LogP contribution in [0.4, 0.5) is 0 Å². The molecule has 0 spiro atoms. The first-order valence-corrected chi connectivity index (χ1v) is 10.9. The van der Waals surface area contributed by atoms with Gasteiger partial charge in [0.15, 0.2) is 5.69 Å². The van der Waals surface area contributed by atoms with Crippen molar-refractivity contribution in [2.45, 2.75) is 58.5 Å². The average molecular weight is 423 g/mol. The third-order valence-electron chi connectivity index (χ3n) is 6.13. The maximum atomic E-state index is 13.2. The molecule has 0 bridgehead atoms. The van der Waals surface area contributed by atoms with Gasteiger partial charge in [0.05, 0.1) is 11.2 Å². The number of H-pyrrole nitrogens is 1. The molecule has 3 aromatic rings. The first kappa shape index (κ1) is 21.1. The Labute approximate surface area is 181 Å². The Kier molecular flexibility index (Phi) is 5.80. The van der Waals surface area contributed by atoms with E-state index in [2.05, 4.69) is 32.9 Å². The minimum Gasteiger partial charge on any atom is -0.354 e. The van der Waals surface area contributed by atoms with Gasteiger partial charge in [-0.3, -0.25) is 19.4 Å². The summed E-state index contributed by atoms with van der Waals surface area (Å²) in [5, 5.41) is 18.4. The molecule has 4 rings (SSSR count). The van der Waals surface area contributed by atoms with E-state index < -0.39 is 5.54 Å². The van der Waals surface area contributed by atoms with Crippen LogP contribution in [-0.2, 0) is 11.3 Å². The standard InChI is InChI=1S/C23H30N6O2/c1-15(14-29-17(3)12-16(2)28-29)13-24-22(31)23(10-6-7-11-23)25-21(30)20-18-8-4-5-9-19(18)26-27-20/h4-5,8-9,12,15H,6-7,10-11,13-14H2,1-3H3,(H,24,31)(H,25,30)(H,26,27). The number of nitrogens with zero attached hydrogens (tertiary/aromatic N) is 3. The second-order valence-electron chi connectivity index (χ2n) is 8.79. The summed E-state index contributed by atoms with van der Waals surface area (Å²) in [6.45, 7) is 7.36. The molecule has 164 valence electrons. The maximum absolute atomic E-state index is 13.2. The van der Waals surface area contributed by atoms with Gasteiger partial charge >= 0.3 is 0 Å². The van der Waals surface area contributed by atoms with E-state index in [-0.39, 0.29) is 17.7 Å². The van der Waals surface area contributed by atoms with Crippen LogP contribution in [0.2, 0.25) is 0 Å². The highest BCUT2D eigenvalue weighted by Crippen LogP contribution is 2.31. The topological polar surface area (TPSA) is 105 Å². The van der Waals surface area contributed by atoms with Gasteiger partial charge in [-0.25, -0.2) is 0 Å². The van der Waals surface area contributed by atoms with Crippen LogP contribution in [0.3, 0.4) is 0 Å². The molecule has 1 aromatic carbocycles. The van der Waals surface area contributed by atoms with Crippen molar-refractivity contribution in [3.63, 3.8) is 0 Å². The first-order valence-electron chi connectivity index (χ1n) is 10.9. The smallest absolute Gasteiger partial charge is 0.273 e. The molecule has 2 aromatic heterocycles. The highest BCUT2D eigenvalue weighted by atomic mass is 16.2. The van der Waals surface area contributed by atoms with Gasteiger partial charge in [0, 0.05) is 24.2 Å². The number of nitrogens with one attached hydrogen (secondary N) is 3. The first-order chi connectivity index (χ1) is 14.9. The molecular weight excluding hydrogens is 392 g/mol. The molecule has 8 heteroatoms. The Morgan fingerprint density at radius 3 is 2.68 bits per heavy atom. The van der Waals surface area contributed by atoms with Gasteiger partial charge in [-0.05, 0) is 44.7 Å². The number of hydrogen-bond acceptors (Lipinski definition) is 4. The number of amides is 2. The van der Waals surface area contributed by atoms with Crippen LogP contribution in [0.15, 0.2) is 30.3 Å². The number of aromatic nitrogens is 4. The van der Waals surface area contributed by atoms with Crippen molar-refractivity contribution < 1.29 is 9.59 Å². The molecule has 1 atom stereocenters. The third kappa shape index (κ3) is 4.33. The summed E-state index contributed by atoms with van der Waals surface area (Å²) in [5.74, 6) is -0.213. The molecule has 2 heterocycles. The maximum Gasteiger partial charge on any atom is 0.273 e. The Balaban J connectivity index is 1.41. The quantitative estimate of drug-likeness (QED) is 0.544. The fourth-order valence-corrected chi connectivity index (χ4v) is 4.46. The number of carbonyl (C=O) groups excluding carboxylic acids is 2. The SMILES string of the molecule is Cc1cc(C)n(CC(C)CNC(=O)C2(NC(=O)c3n[nH]c4ccccc34)CCCC2)n1. The second kappa shape index (κ2) is 8.53. The molecule has 8 nitrogen and oxygen atoms in total. The van der Waals surface area contributed by atoms with Gasteiger partial charge in [0.1, 0.15) is 5.54 Å². The normalized spacial score (nSPS) is 16.4. The molecule has 0 radical (unpaired) electrons. The lowest BCUT2D eigenvalue weighted by Gasteiger charge is -2.29. The van der Waals surface area contributed by atoms with Crippen LogP contribution in [0.1, 0.15) is 54.5 Å². The van der Waals surface area contributed by atoms with Crippen LogP contribution in [-0.4, -0.2) is 43.9 Å². The van der Waals surface area contributed by atoms with E-state index in [0.717, 1.165) is 41.7 Å². The number of rotatable bonds is 7. The molecular formula is C23H30N6O2. The monoisotopic (exact) mass is 422 g/mol. The number of carbonyl (C=O) groups is 2. The lowest BCUT2D eigenvalue weighted by Crippen LogP contribution is -2.57. The molecule has 1 fully saturated rings. The number of aromatic amines is 1. The summed E-state index contributed by atoms with van der Waals surface area (Å²) in [4.78, 5) is 26.2. The summed E-state index contributed by atoms with van der Waals surface area (Å²) in [5.41, 5.74) is 2.35. The zero-order valence-corrected chi connectivity index (χ0v) is 18.4. The Morgan fingerprint density at radius 1 is 1.23 bits per heavy atom. The van der Waals surface area contributed by atoms with E-state index in [9.17, 15) is 9.59 Å². The molecule has 1 saturated carbocycles. The van der Waals surface area contributed by atoms with Crippen LogP contribution < -0.4 is 10.6 Å². The average Bonchev–Trinajstić information content (AvgIpc) is 3.45. The fraction of sp³-hybridized carbons (Fsp3) is 0.478. The summed E-state index contributed by atoms with van der Waals surface area (Å²) < 4.78 is 1.97. The number of hydrogen-bond donors (Lipinski definition) is 3. The predicted molar refractivity (Wildman–Crippen MR) is 119 cm³/mol. The summed E-state index contributed by atoms with van der Waals surface area (Å²) >= 11 is 0. The van der Waals surface area contributed by atoms with Crippen molar-refractivity contribution in [1.82, 2.24) is 30.6 Å². The molecule has 2 amide bonds. The minimum atomic E-state index is -0.880. The zero-order valence-electron chi connectivity index (χ0n) is 18.4. The summed E-state index contributed by atoms with van der Waals surface area (Å²) in [6.07, 6.45) is 3.10. The van der Waals surface area contributed by atoms with Crippen molar-refractivity contribution in [2.24, 2.45) is 5.92 Å². The Bertz CT molecular complexity index is 1090. The van der Waals surface area contributed by atoms with Gasteiger partial charge in [0.25, 0.3) is 5.91 Å². The molecule has 0 saturated heterocycles. The number of aryl methyl sites for hydroxylation is 2. The van der Waals surface area contributed by atoms with Crippen molar-refractivity contribution in [3.8, 4) is 0 Å². The Morgan fingerprint density at radius 2 is 1.97 bits per heavy atom.